The molecule has 2 N–H and O–H groups in total. The van der Waals surface area contributed by atoms with Crippen LogP contribution in [-0.2, 0) is 9.59 Å². The van der Waals surface area contributed by atoms with Crippen LogP contribution in [0.15, 0.2) is 0 Å². The third-order valence-electron chi connectivity index (χ3n) is 3.14. The highest BCUT2D eigenvalue weighted by atomic mass is 32.2. The fraction of sp³-hybridized carbons (Fsp3) is 0.833. The van der Waals surface area contributed by atoms with E-state index in [4.69, 9.17) is 0 Å². The van der Waals surface area contributed by atoms with Crippen LogP contribution < -0.4 is 5.32 Å². The van der Waals surface area contributed by atoms with Crippen molar-refractivity contribution >= 4 is 23.6 Å². The summed E-state index contributed by atoms with van der Waals surface area (Å²) in [5, 5.41) is 11.9. The van der Waals surface area contributed by atoms with Gasteiger partial charge in [0.1, 0.15) is 0 Å². The molecule has 4 nitrogen and oxygen atoms in total. The van der Waals surface area contributed by atoms with E-state index in [1.807, 2.05) is 20.1 Å². The Kier molecular flexibility index (Phi) is 7.27. The van der Waals surface area contributed by atoms with Crippen molar-refractivity contribution in [1.29, 1.82) is 0 Å². The zero-order valence-electron chi connectivity index (χ0n) is 11.1. The summed E-state index contributed by atoms with van der Waals surface area (Å²) in [4.78, 5) is 22.8. The van der Waals surface area contributed by atoms with Crippen LogP contribution in [0.3, 0.4) is 0 Å². The number of aliphatic carboxylic acids is 1. The lowest BCUT2D eigenvalue weighted by Crippen LogP contribution is -2.39. The van der Waals surface area contributed by atoms with E-state index in [0.717, 1.165) is 12.2 Å². The van der Waals surface area contributed by atoms with Gasteiger partial charge in [-0.1, -0.05) is 13.8 Å². The number of carbonyl (C=O) groups is 2. The summed E-state index contributed by atoms with van der Waals surface area (Å²) in [6, 6.07) is 0. The van der Waals surface area contributed by atoms with Crippen molar-refractivity contribution in [2.45, 2.75) is 33.6 Å². The molecule has 0 aliphatic rings. The van der Waals surface area contributed by atoms with Gasteiger partial charge in [0.05, 0.1) is 5.41 Å². The van der Waals surface area contributed by atoms with Gasteiger partial charge in [0.25, 0.3) is 0 Å². The number of carboxylic acids is 1. The molecule has 0 bridgehead atoms. The Hall–Kier alpha value is -0.710. The molecule has 0 rings (SSSR count). The molecule has 0 aliphatic carbocycles. The molecule has 17 heavy (non-hydrogen) atoms. The lowest BCUT2D eigenvalue weighted by Gasteiger charge is -2.28. The minimum Gasteiger partial charge on any atom is -0.481 e. The molecular weight excluding hydrogens is 238 g/mol. The maximum atomic E-state index is 11.6. The number of carboxylic acid groups (broad SMARTS) is 1. The van der Waals surface area contributed by atoms with Gasteiger partial charge < -0.3 is 10.4 Å². The molecule has 100 valence electrons. The second-order valence-corrected chi connectivity index (χ2v) is 5.74. The maximum Gasteiger partial charge on any atom is 0.310 e. The molecule has 0 aromatic heterocycles. The number of hydrogen-bond donors (Lipinski definition) is 2. The first kappa shape index (κ1) is 16.3. The van der Waals surface area contributed by atoms with Crippen LogP contribution in [-0.4, -0.2) is 35.5 Å². The van der Waals surface area contributed by atoms with Crippen LogP contribution in [0.5, 0.6) is 0 Å². The molecule has 0 saturated carbocycles. The number of thioether (sulfide) groups is 1. The van der Waals surface area contributed by atoms with Gasteiger partial charge >= 0.3 is 5.97 Å². The average Bonchev–Trinajstić information content (AvgIpc) is 2.23. The number of carbonyl (C=O) groups excluding carboxylic acids is 1. The van der Waals surface area contributed by atoms with Crippen LogP contribution in [0.25, 0.3) is 0 Å². The Bertz CT molecular complexity index is 268. The van der Waals surface area contributed by atoms with Gasteiger partial charge in [0.2, 0.25) is 5.91 Å². The smallest absolute Gasteiger partial charge is 0.310 e. The van der Waals surface area contributed by atoms with Crippen LogP contribution in [0.4, 0.5) is 0 Å². The summed E-state index contributed by atoms with van der Waals surface area (Å²) in [5.74, 6) is -0.158. The largest absolute Gasteiger partial charge is 0.481 e. The predicted molar refractivity (Wildman–Crippen MR) is 71.2 cm³/mol. The van der Waals surface area contributed by atoms with Gasteiger partial charge in [-0.25, -0.2) is 0 Å². The Morgan fingerprint density at radius 2 is 2.00 bits per heavy atom. The first-order valence-corrected chi connectivity index (χ1v) is 7.23. The van der Waals surface area contributed by atoms with Crippen molar-refractivity contribution in [1.82, 2.24) is 5.32 Å². The molecule has 0 spiro atoms. The highest BCUT2D eigenvalue weighted by Crippen LogP contribution is 2.31. The van der Waals surface area contributed by atoms with E-state index in [-0.39, 0.29) is 18.2 Å². The second kappa shape index (κ2) is 7.58. The van der Waals surface area contributed by atoms with Crippen LogP contribution >= 0.6 is 11.8 Å². The number of hydrogen-bond acceptors (Lipinski definition) is 3. The van der Waals surface area contributed by atoms with E-state index < -0.39 is 11.4 Å². The van der Waals surface area contributed by atoms with Crippen molar-refractivity contribution in [2.24, 2.45) is 11.3 Å². The summed E-state index contributed by atoms with van der Waals surface area (Å²) in [5.41, 5.74) is -0.983. The lowest BCUT2D eigenvalue weighted by molar-refractivity contribution is -0.153. The van der Waals surface area contributed by atoms with E-state index in [2.05, 4.69) is 5.32 Å². The summed E-state index contributed by atoms with van der Waals surface area (Å²) < 4.78 is 0. The normalized spacial score (nSPS) is 14.4. The summed E-state index contributed by atoms with van der Waals surface area (Å²) in [7, 11) is 0. The van der Waals surface area contributed by atoms with E-state index >= 15 is 0 Å². The molecule has 0 radical (unpaired) electrons. The second-order valence-electron chi connectivity index (χ2n) is 4.75. The molecule has 0 saturated heterocycles. The van der Waals surface area contributed by atoms with Crippen LogP contribution in [0, 0.1) is 11.3 Å². The standard InChI is InChI=1S/C12H23NO3S/c1-9(2)12(3,11(15)16)8-10(14)13-6-5-7-17-4/h9H,5-8H2,1-4H3,(H,13,14)(H,15,16). The zero-order valence-corrected chi connectivity index (χ0v) is 11.9. The summed E-state index contributed by atoms with van der Waals surface area (Å²) in [6.45, 7) is 5.90. The van der Waals surface area contributed by atoms with Gasteiger partial charge in [-0.3, -0.25) is 9.59 Å². The Balaban J connectivity index is 4.20. The molecule has 0 heterocycles. The van der Waals surface area contributed by atoms with E-state index in [9.17, 15) is 14.7 Å². The van der Waals surface area contributed by atoms with Gasteiger partial charge in [0.15, 0.2) is 0 Å². The first-order chi connectivity index (χ1) is 7.84. The highest BCUT2D eigenvalue weighted by molar-refractivity contribution is 7.98. The van der Waals surface area contributed by atoms with Gasteiger partial charge in [0, 0.05) is 13.0 Å². The minimum atomic E-state index is -0.983. The monoisotopic (exact) mass is 261 g/mol. The fourth-order valence-electron chi connectivity index (χ4n) is 1.37. The highest BCUT2D eigenvalue weighted by Gasteiger charge is 2.38. The van der Waals surface area contributed by atoms with Crippen molar-refractivity contribution < 1.29 is 14.7 Å². The lowest BCUT2D eigenvalue weighted by atomic mass is 9.76. The van der Waals surface area contributed by atoms with E-state index in [0.29, 0.717) is 6.54 Å². The molecule has 0 aromatic carbocycles. The number of rotatable bonds is 8. The molecule has 1 amide bonds. The molecule has 5 heteroatoms. The SMILES string of the molecule is CSCCCNC(=O)CC(C)(C(=O)O)C(C)C. The predicted octanol–water partition coefficient (Wildman–Crippen LogP) is 1.99. The molecular formula is C12H23NO3S. The topological polar surface area (TPSA) is 66.4 Å². The minimum absolute atomic E-state index is 0.0409. The molecule has 0 fully saturated rings. The van der Waals surface area contributed by atoms with Crippen molar-refractivity contribution in [3.63, 3.8) is 0 Å². The Labute approximate surface area is 108 Å². The third kappa shape index (κ3) is 5.44. The van der Waals surface area contributed by atoms with E-state index in [1.165, 1.54) is 0 Å². The van der Waals surface area contributed by atoms with Gasteiger partial charge in [-0.05, 0) is 31.3 Å². The zero-order chi connectivity index (χ0) is 13.5. The molecule has 0 aromatic rings. The van der Waals surface area contributed by atoms with Crippen LogP contribution in [0.2, 0.25) is 0 Å². The Morgan fingerprint density at radius 1 is 1.41 bits per heavy atom. The third-order valence-corrected chi connectivity index (χ3v) is 3.83. The fourth-order valence-corrected chi connectivity index (χ4v) is 1.80. The summed E-state index contributed by atoms with van der Waals surface area (Å²) >= 11 is 1.73. The van der Waals surface area contributed by atoms with Crippen molar-refractivity contribution in [3.05, 3.63) is 0 Å². The number of nitrogens with one attached hydrogen (secondary N) is 1. The molecule has 1 unspecified atom stereocenters. The van der Waals surface area contributed by atoms with Crippen molar-refractivity contribution in [3.8, 4) is 0 Å². The average molecular weight is 261 g/mol. The first-order valence-electron chi connectivity index (χ1n) is 5.83. The maximum absolute atomic E-state index is 11.6. The van der Waals surface area contributed by atoms with Crippen molar-refractivity contribution in [2.75, 3.05) is 18.6 Å². The Morgan fingerprint density at radius 3 is 2.41 bits per heavy atom. The van der Waals surface area contributed by atoms with Gasteiger partial charge in [-0.2, -0.15) is 11.8 Å². The van der Waals surface area contributed by atoms with E-state index in [1.54, 1.807) is 18.7 Å². The molecule has 1 atom stereocenters. The number of amides is 1. The van der Waals surface area contributed by atoms with Gasteiger partial charge in [-0.15, -0.1) is 0 Å². The quantitative estimate of drug-likeness (QED) is 0.656. The summed E-state index contributed by atoms with van der Waals surface area (Å²) in [6.07, 6.45) is 2.97. The van der Waals surface area contributed by atoms with Crippen LogP contribution in [0.1, 0.15) is 33.6 Å². The molecule has 0 aliphatic heterocycles.